The SMILES string of the molecule is CC(C)(C(O)Cc1cc(F)ccc1F)N1CCCCC1. The van der Waals surface area contributed by atoms with Gasteiger partial charge in [-0.3, -0.25) is 4.90 Å². The van der Waals surface area contributed by atoms with E-state index in [1.807, 2.05) is 13.8 Å². The van der Waals surface area contributed by atoms with E-state index >= 15 is 0 Å². The first kappa shape index (κ1) is 15.4. The molecule has 4 heteroatoms. The predicted octanol–water partition coefficient (Wildman–Crippen LogP) is 3.13. The van der Waals surface area contributed by atoms with Crippen LogP contribution in [0.15, 0.2) is 18.2 Å². The summed E-state index contributed by atoms with van der Waals surface area (Å²) in [4.78, 5) is 2.25. The first-order valence-corrected chi connectivity index (χ1v) is 7.28. The lowest BCUT2D eigenvalue weighted by Gasteiger charge is -2.44. The van der Waals surface area contributed by atoms with Crippen LogP contribution < -0.4 is 0 Å². The van der Waals surface area contributed by atoms with Crippen molar-refractivity contribution >= 4 is 0 Å². The molecule has 1 fully saturated rings. The number of halogens is 2. The lowest BCUT2D eigenvalue weighted by atomic mass is 9.88. The van der Waals surface area contributed by atoms with Crippen LogP contribution in [0.2, 0.25) is 0 Å². The molecule has 1 atom stereocenters. The van der Waals surface area contributed by atoms with E-state index in [2.05, 4.69) is 4.90 Å². The molecule has 1 aliphatic heterocycles. The van der Waals surface area contributed by atoms with E-state index in [9.17, 15) is 13.9 Å². The average Bonchev–Trinajstić information content (AvgIpc) is 2.43. The zero-order chi connectivity index (χ0) is 14.8. The topological polar surface area (TPSA) is 23.5 Å². The highest BCUT2D eigenvalue weighted by Crippen LogP contribution is 2.26. The van der Waals surface area contributed by atoms with E-state index in [1.54, 1.807) is 0 Å². The summed E-state index contributed by atoms with van der Waals surface area (Å²) in [7, 11) is 0. The molecule has 1 aromatic carbocycles. The Balaban J connectivity index is 2.09. The molecular weight excluding hydrogens is 260 g/mol. The van der Waals surface area contributed by atoms with Gasteiger partial charge >= 0.3 is 0 Å². The number of hydrogen-bond donors (Lipinski definition) is 1. The third-order valence-electron chi connectivity index (χ3n) is 4.41. The first-order chi connectivity index (χ1) is 9.41. The van der Waals surface area contributed by atoms with Gasteiger partial charge < -0.3 is 5.11 Å². The van der Waals surface area contributed by atoms with E-state index in [0.717, 1.165) is 38.1 Å². The largest absolute Gasteiger partial charge is 0.391 e. The molecule has 1 N–H and O–H groups in total. The molecule has 0 aliphatic carbocycles. The zero-order valence-corrected chi connectivity index (χ0v) is 12.2. The molecule has 0 radical (unpaired) electrons. The maximum Gasteiger partial charge on any atom is 0.126 e. The monoisotopic (exact) mass is 283 g/mol. The molecule has 0 amide bonds. The Morgan fingerprint density at radius 1 is 1.20 bits per heavy atom. The summed E-state index contributed by atoms with van der Waals surface area (Å²) in [5.74, 6) is -0.927. The number of likely N-dealkylation sites (tertiary alicyclic amines) is 1. The maximum absolute atomic E-state index is 13.7. The quantitative estimate of drug-likeness (QED) is 0.917. The van der Waals surface area contributed by atoms with Crippen molar-refractivity contribution in [1.29, 1.82) is 0 Å². The fourth-order valence-electron chi connectivity index (χ4n) is 2.84. The van der Waals surface area contributed by atoms with Crippen molar-refractivity contribution < 1.29 is 13.9 Å². The highest BCUT2D eigenvalue weighted by molar-refractivity contribution is 5.20. The molecule has 20 heavy (non-hydrogen) atoms. The standard InChI is InChI=1S/C16H23F2NO/c1-16(2,19-8-4-3-5-9-19)15(20)11-12-10-13(17)6-7-14(12)18/h6-7,10,15,20H,3-5,8-9,11H2,1-2H3. The van der Waals surface area contributed by atoms with Crippen molar-refractivity contribution in [2.75, 3.05) is 13.1 Å². The summed E-state index contributed by atoms with van der Waals surface area (Å²) < 4.78 is 26.9. The summed E-state index contributed by atoms with van der Waals surface area (Å²) >= 11 is 0. The summed E-state index contributed by atoms with van der Waals surface area (Å²) in [6, 6.07) is 3.39. The predicted molar refractivity (Wildman–Crippen MR) is 75.6 cm³/mol. The van der Waals surface area contributed by atoms with Crippen molar-refractivity contribution in [3.05, 3.63) is 35.4 Å². The van der Waals surface area contributed by atoms with Crippen LogP contribution >= 0.6 is 0 Å². The van der Waals surface area contributed by atoms with Crippen LogP contribution in [-0.2, 0) is 6.42 Å². The molecule has 1 aliphatic rings. The molecule has 0 saturated carbocycles. The second kappa shape index (κ2) is 6.19. The Bertz CT molecular complexity index is 456. The van der Waals surface area contributed by atoms with Crippen LogP contribution in [0, 0.1) is 11.6 Å². The molecule has 0 aromatic heterocycles. The van der Waals surface area contributed by atoms with Crippen molar-refractivity contribution in [2.45, 2.75) is 51.2 Å². The Morgan fingerprint density at radius 2 is 1.85 bits per heavy atom. The van der Waals surface area contributed by atoms with Gasteiger partial charge in [-0.05, 0) is 63.5 Å². The van der Waals surface area contributed by atoms with Crippen LogP contribution in [0.5, 0.6) is 0 Å². The molecule has 1 unspecified atom stereocenters. The fourth-order valence-corrected chi connectivity index (χ4v) is 2.84. The molecular formula is C16H23F2NO. The molecule has 1 heterocycles. The van der Waals surface area contributed by atoms with E-state index in [0.29, 0.717) is 0 Å². The van der Waals surface area contributed by atoms with Gasteiger partial charge in [0.1, 0.15) is 11.6 Å². The second-order valence-electron chi connectivity index (χ2n) is 6.16. The first-order valence-electron chi connectivity index (χ1n) is 7.28. The third-order valence-corrected chi connectivity index (χ3v) is 4.41. The van der Waals surface area contributed by atoms with Crippen molar-refractivity contribution in [1.82, 2.24) is 4.90 Å². The number of rotatable bonds is 4. The molecule has 1 aromatic rings. The van der Waals surface area contributed by atoms with Crippen LogP contribution in [0.4, 0.5) is 8.78 Å². The minimum Gasteiger partial charge on any atom is -0.391 e. The van der Waals surface area contributed by atoms with Gasteiger partial charge in [0.05, 0.1) is 6.10 Å². The van der Waals surface area contributed by atoms with Gasteiger partial charge in [0.2, 0.25) is 0 Å². The smallest absolute Gasteiger partial charge is 0.126 e. The second-order valence-corrected chi connectivity index (χ2v) is 6.16. The number of piperidine rings is 1. The lowest BCUT2D eigenvalue weighted by molar-refractivity contribution is -0.0190. The Kier molecular flexibility index (Phi) is 4.76. The van der Waals surface area contributed by atoms with Gasteiger partial charge in [0.25, 0.3) is 0 Å². The van der Waals surface area contributed by atoms with Crippen molar-refractivity contribution in [3.63, 3.8) is 0 Å². The molecule has 112 valence electrons. The van der Waals surface area contributed by atoms with E-state index in [-0.39, 0.29) is 12.0 Å². The molecule has 0 bridgehead atoms. The van der Waals surface area contributed by atoms with Crippen molar-refractivity contribution in [3.8, 4) is 0 Å². The zero-order valence-electron chi connectivity index (χ0n) is 12.2. The van der Waals surface area contributed by atoms with E-state index < -0.39 is 23.3 Å². The maximum atomic E-state index is 13.7. The van der Waals surface area contributed by atoms with Gasteiger partial charge in [0, 0.05) is 12.0 Å². The summed E-state index contributed by atoms with van der Waals surface area (Å²) in [5.41, 5.74) is -0.193. The van der Waals surface area contributed by atoms with Crippen LogP contribution in [0.25, 0.3) is 0 Å². The summed E-state index contributed by atoms with van der Waals surface area (Å²) in [5, 5.41) is 10.5. The number of nitrogens with zero attached hydrogens (tertiary/aromatic N) is 1. The third kappa shape index (κ3) is 3.36. The number of aliphatic hydroxyl groups excluding tert-OH is 1. The minimum absolute atomic E-state index is 0.132. The number of hydrogen-bond acceptors (Lipinski definition) is 2. The normalized spacial score (nSPS) is 19.1. The lowest BCUT2D eigenvalue weighted by Crippen LogP contribution is -2.54. The minimum atomic E-state index is -0.725. The van der Waals surface area contributed by atoms with Gasteiger partial charge in [-0.2, -0.15) is 0 Å². The summed E-state index contributed by atoms with van der Waals surface area (Å²) in [6.45, 7) is 5.85. The highest BCUT2D eigenvalue weighted by atomic mass is 19.1. The average molecular weight is 283 g/mol. The Morgan fingerprint density at radius 3 is 2.50 bits per heavy atom. The summed E-state index contributed by atoms with van der Waals surface area (Å²) in [6.07, 6.45) is 2.89. The van der Waals surface area contributed by atoms with Gasteiger partial charge in [-0.15, -0.1) is 0 Å². The van der Waals surface area contributed by atoms with Crippen molar-refractivity contribution in [2.24, 2.45) is 0 Å². The van der Waals surface area contributed by atoms with Gasteiger partial charge in [-0.25, -0.2) is 8.78 Å². The van der Waals surface area contributed by atoms with Crippen LogP contribution in [0.3, 0.4) is 0 Å². The van der Waals surface area contributed by atoms with Crippen LogP contribution in [-0.4, -0.2) is 34.7 Å². The van der Waals surface area contributed by atoms with Crippen LogP contribution in [0.1, 0.15) is 38.7 Å². The number of aliphatic hydroxyl groups is 1. The van der Waals surface area contributed by atoms with Gasteiger partial charge in [0.15, 0.2) is 0 Å². The van der Waals surface area contributed by atoms with E-state index in [4.69, 9.17) is 0 Å². The molecule has 2 rings (SSSR count). The Hall–Kier alpha value is -1.00. The Labute approximate surface area is 119 Å². The number of benzene rings is 1. The molecule has 2 nitrogen and oxygen atoms in total. The van der Waals surface area contributed by atoms with E-state index in [1.165, 1.54) is 12.5 Å². The highest BCUT2D eigenvalue weighted by Gasteiger charge is 2.35. The molecule has 1 saturated heterocycles. The van der Waals surface area contributed by atoms with Gasteiger partial charge in [-0.1, -0.05) is 6.42 Å². The molecule has 0 spiro atoms. The fraction of sp³-hybridized carbons (Fsp3) is 0.625.